The van der Waals surface area contributed by atoms with Crippen LogP contribution in [-0.2, 0) is 7.65 Å². The van der Waals surface area contributed by atoms with Gasteiger partial charge < -0.3 is 0 Å². The SMILES string of the molecule is C=CC(=O)[O][In]. The van der Waals surface area contributed by atoms with Gasteiger partial charge in [-0.25, -0.2) is 0 Å². The molecule has 0 unspecified atom stereocenters. The van der Waals surface area contributed by atoms with Crippen LogP contribution in [0, 0.1) is 0 Å². The van der Waals surface area contributed by atoms with Crippen molar-refractivity contribution in [3.05, 3.63) is 12.7 Å². The minimum atomic E-state index is -0.336. The quantitative estimate of drug-likeness (QED) is 0.530. The van der Waals surface area contributed by atoms with Crippen molar-refractivity contribution in [3.8, 4) is 0 Å². The average Bonchev–Trinajstić information content (AvgIpc) is 1.65. The molecule has 0 spiro atoms. The summed E-state index contributed by atoms with van der Waals surface area (Å²) in [5, 5.41) is 0. The molecular weight excluding hydrogens is 183 g/mol. The van der Waals surface area contributed by atoms with Crippen LogP contribution in [0.5, 0.6) is 0 Å². The zero-order valence-electron chi connectivity index (χ0n) is 3.18. The van der Waals surface area contributed by atoms with Gasteiger partial charge in [-0.2, -0.15) is 0 Å². The zero-order chi connectivity index (χ0) is 4.99. The van der Waals surface area contributed by atoms with Crippen molar-refractivity contribution < 1.29 is 7.65 Å². The predicted molar refractivity (Wildman–Crippen MR) is 22.0 cm³/mol. The maximum absolute atomic E-state index is 9.87. The molecule has 0 fully saturated rings. The van der Waals surface area contributed by atoms with Crippen molar-refractivity contribution >= 4 is 30.8 Å². The summed E-state index contributed by atoms with van der Waals surface area (Å²) in [5.74, 6) is -0.336. The third-order valence-electron chi connectivity index (χ3n) is 0.283. The van der Waals surface area contributed by atoms with Crippen LogP contribution < -0.4 is 0 Å². The van der Waals surface area contributed by atoms with E-state index in [0.717, 1.165) is 6.08 Å². The van der Waals surface area contributed by atoms with Gasteiger partial charge in [0.15, 0.2) is 0 Å². The Morgan fingerprint density at radius 2 is 2.50 bits per heavy atom. The number of carbonyl (C=O) groups excluding carboxylic acids is 1. The normalized spacial score (nSPS) is 6.67. The summed E-state index contributed by atoms with van der Waals surface area (Å²) >= 11 is 0.516. The summed E-state index contributed by atoms with van der Waals surface area (Å²) in [6, 6.07) is 0. The molecule has 0 rings (SSSR count). The first-order chi connectivity index (χ1) is 2.81. The van der Waals surface area contributed by atoms with Crippen molar-refractivity contribution in [2.75, 3.05) is 0 Å². The first-order valence-electron chi connectivity index (χ1n) is 1.34. The summed E-state index contributed by atoms with van der Waals surface area (Å²) in [4.78, 5) is 9.87. The third kappa shape index (κ3) is 2.33. The van der Waals surface area contributed by atoms with Crippen molar-refractivity contribution in [1.29, 1.82) is 0 Å². The second-order valence-corrected chi connectivity index (χ2v) is 1.31. The van der Waals surface area contributed by atoms with E-state index in [1.165, 1.54) is 0 Å². The van der Waals surface area contributed by atoms with Gasteiger partial charge in [0.2, 0.25) is 0 Å². The molecule has 0 atom stereocenters. The minimum absolute atomic E-state index is 0.336. The Labute approximate surface area is 51.4 Å². The molecule has 0 saturated carbocycles. The Morgan fingerprint density at radius 1 is 2.00 bits per heavy atom. The molecule has 3 heteroatoms. The molecule has 2 nitrogen and oxygen atoms in total. The third-order valence-corrected chi connectivity index (χ3v) is 0.946. The van der Waals surface area contributed by atoms with Crippen LogP contribution in [0.15, 0.2) is 12.7 Å². The molecule has 0 aromatic carbocycles. The van der Waals surface area contributed by atoms with E-state index in [-0.39, 0.29) is 5.97 Å². The van der Waals surface area contributed by atoms with E-state index < -0.39 is 0 Å². The zero-order valence-corrected chi connectivity index (χ0v) is 6.47. The molecule has 0 aliphatic carbocycles. The first kappa shape index (κ1) is 6.08. The molecule has 0 aliphatic rings. The van der Waals surface area contributed by atoms with Crippen LogP contribution in [0.4, 0.5) is 0 Å². The number of rotatable bonds is 1. The van der Waals surface area contributed by atoms with E-state index in [0.29, 0.717) is 24.8 Å². The van der Waals surface area contributed by atoms with Crippen molar-refractivity contribution in [2.24, 2.45) is 0 Å². The number of carbonyl (C=O) groups is 1. The van der Waals surface area contributed by atoms with Crippen LogP contribution in [0.25, 0.3) is 0 Å². The number of hydrogen-bond acceptors (Lipinski definition) is 2. The van der Waals surface area contributed by atoms with Crippen LogP contribution >= 0.6 is 0 Å². The van der Waals surface area contributed by atoms with E-state index in [1.807, 2.05) is 0 Å². The molecule has 0 heterocycles. The van der Waals surface area contributed by atoms with Crippen LogP contribution in [0.2, 0.25) is 0 Å². The van der Waals surface area contributed by atoms with Gasteiger partial charge in [-0.1, -0.05) is 0 Å². The second kappa shape index (κ2) is 3.28. The second-order valence-electron chi connectivity index (χ2n) is 0.641. The first-order valence-corrected chi connectivity index (χ1v) is 2.69. The maximum atomic E-state index is 9.87. The summed E-state index contributed by atoms with van der Waals surface area (Å²) in [5.41, 5.74) is 0. The average molecular weight is 186 g/mol. The van der Waals surface area contributed by atoms with Crippen molar-refractivity contribution in [2.45, 2.75) is 0 Å². The fraction of sp³-hybridized carbons (Fsp3) is 0. The standard InChI is InChI=1S/C3H4O2.In/c1-2-3(4)5;/h2H,1H2,(H,4,5);/q;+1/p-1. The Bertz CT molecular complexity index is 69.2. The molecule has 6 heavy (non-hydrogen) atoms. The van der Waals surface area contributed by atoms with Crippen LogP contribution in [-0.4, -0.2) is 30.8 Å². The predicted octanol–water partition coefficient (Wildman–Crippen LogP) is -0.201. The molecule has 0 aliphatic heterocycles. The summed E-state index contributed by atoms with van der Waals surface area (Å²) in [6.45, 7) is 3.18. The topological polar surface area (TPSA) is 26.3 Å². The van der Waals surface area contributed by atoms with Gasteiger partial charge >= 0.3 is 51.1 Å². The molecule has 0 saturated heterocycles. The molecule has 0 aromatic heterocycles. The van der Waals surface area contributed by atoms with Gasteiger partial charge in [0, 0.05) is 0 Å². The fourth-order valence-electron chi connectivity index (χ4n) is 0.0481. The molecule has 30 valence electrons. The van der Waals surface area contributed by atoms with Gasteiger partial charge in [0.1, 0.15) is 0 Å². The molecule has 0 bridgehead atoms. The summed E-state index contributed by atoms with van der Waals surface area (Å²) < 4.78 is 4.27. The molecule has 0 aromatic rings. The Balaban J connectivity index is 3.23. The van der Waals surface area contributed by atoms with E-state index in [2.05, 4.69) is 9.43 Å². The van der Waals surface area contributed by atoms with E-state index in [1.54, 1.807) is 0 Å². The Hall–Kier alpha value is 0.0801. The van der Waals surface area contributed by atoms with Crippen molar-refractivity contribution in [3.63, 3.8) is 0 Å². The Morgan fingerprint density at radius 3 is 2.50 bits per heavy atom. The molecule has 0 amide bonds. The Kier molecular flexibility index (Phi) is 3.32. The fourth-order valence-corrected chi connectivity index (χ4v) is 0.323. The molecule has 0 N–H and O–H groups in total. The molecule has 2 radical (unpaired) electrons. The summed E-state index contributed by atoms with van der Waals surface area (Å²) in [7, 11) is 0. The van der Waals surface area contributed by atoms with Crippen LogP contribution in [0.3, 0.4) is 0 Å². The van der Waals surface area contributed by atoms with E-state index >= 15 is 0 Å². The van der Waals surface area contributed by atoms with E-state index in [4.69, 9.17) is 0 Å². The van der Waals surface area contributed by atoms with Gasteiger partial charge in [0.05, 0.1) is 0 Å². The van der Waals surface area contributed by atoms with Crippen LogP contribution in [0.1, 0.15) is 0 Å². The van der Waals surface area contributed by atoms with E-state index in [9.17, 15) is 4.79 Å². The van der Waals surface area contributed by atoms with Gasteiger partial charge in [-0.3, -0.25) is 0 Å². The molecular formula is C3H3InO2. The van der Waals surface area contributed by atoms with Gasteiger partial charge in [-0.05, 0) is 0 Å². The van der Waals surface area contributed by atoms with Gasteiger partial charge in [-0.15, -0.1) is 0 Å². The number of hydrogen-bond donors (Lipinski definition) is 0. The summed E-state index contributed by atoms with van der Waals surface area (Å²) in [6.07, 6.45) is 1.14. The monoisotopic (exact) mass is 186 g/mol. The van der Waals surface area contributed by atoms with Crippen molar-refractivity contribution in [1.82, 2.24) is 0 Å². The van der Waals surface area contributed by atoms with Gasteiger partial charge in [0.25, 0.3) is 0 Å².